The predicted octanol–water partition coefficient (Wildman–Crippen LogP) is 1.80. The summed E-state index contributed by atoms with van der Waals surface area (Å²) in [6.45, 7) is 6.09. The molecule has 0 aliphatic carbocycles. The Kier molecular flexibility index (Phi) is 21.1. The fourth-order valence-corrected chi connectivity index (χ4v) is 2.89. The van der Waals surface area contributed by atoms with Crippen molar-refractivity contribution >= 4 is 11.9 Å². The van der Waals surface area contributed by atoms with Crippen molar-refractivity contribution < 1.29 is 52.6 Å². The number of rotatable bonds is 24. The van der Waals surface area contributed by atoms with Gasteiger partial charge in [0, 0.05) is 19.4 Å². The maximum Gasteiger partial charge on any atom is 0.305 e. The summed E-state index contributed by atoms with van der Waals surface area (Å²) in [5.41, 5.74) is 0. The Morgan fingerprint density at radius 2 is 1.18 bits per heavy atom. The summed E-state index contributed by atoms with van der Waals surface area (Å²) >= 11 is 0. The number of carbonyl (C=O) groups is 2. The fraction of sp³-hybridized carbons (Fsp3) is 0.913. The highest BCUT2D eigenvalue weighted by Gasteiger charge is 2.13. The number of esters is 1. The molecular formula is C23H42O11. The summed E-state index contributed by atoms with van der Waals surface area (Å²) in [6, 6.07) is 0. The number of carbonyl (C=O) groups excluding carboxylic acids is 1. The Hall–Kier alpha value is -1.34. The average Bonchev–Trinajstić information content (AvgIpc) is 2.84. The highest BCUT2D eigenvalue weighted by molar-refractivity contribution is 5.69. The van der Waals surface area contributed by atoms with Crippen molar-refractivity contribution in [2.24, 2.45) is 0 Å². The number of unbranched alkanes of at least 4 members (excludes halogenated alkanes) is 1. The first kappa shape index (κ1) is 30.7. The molecule has 0 radical (unpaired) electrons. The molecule has 11 heteroatoms. The molecule has 1 aliphatic rings. The van der Waals surface area contributed by atoms with E-state index >= 15 is 0 Å². The van der Waals surface area contributed by atoms with Crippen LogP contribution < -0.4 is 0 Å². The van der Waals surface area contributed by atoms with Gasteiger partial charge in [0.15, 0.2) is 6.29 Å². The Bertz CT molecular complexity index is 484. The number of hydrogen-bond donors (Lipinski definition) is 1. The van der Waals surface area contributed by atoms with E-state index < -0.39 is 5.97 Å². The van der Waals surface area contributed by atoms with E-state index in [1.54, 1.807) is 0 Å². The minimum Gasteiger partial charge on any atom is -0.481 e. The van der Waals surface area contributed by atoms with E-state index in [9.17, 15) is 9.59 Å². The first-order chi connectivity index (χ1) is 16.7. The molecule has 1 saturated heterocycles. The second-order valence-corrected chi connectivity index (χ2v) is 7.55. The van der Waals surface area contributed by atoms with E-state index in [2.05, 4.69) is 0 Å². The molecule has 1 unspecified atom stereocenters. The third-order valence-electron chi connectivity index (χ3n) is 4.67. The van der Waals surface area contributed by atoms with Gasteiger partial charge in [0.25, 0.3) is 0 Å². The summed E-state index contributed by atoms with van der Waals surface area (Å²) in [5.74, 6) is -1.20. The fourth-order valence-electron chi connectivity index (χ4n) is 2.89. The second kappa shape index (κ2) is 23.4. The second-order valence-electron chi connectivity index (χ2n) is 7.55. The molecule has 1 heterocycles. The number of carboxylic acid groups (broad SMARTS) is 1. The Labute approximate surface area is 202 Å². The number of aliphatic carboxylic acids is 1. The van der Waals surface area contributed by atoms with Gasteiger partial charge in [-0.15, -0.1) is 0 Å². The van der Waals surface area contributed by atoms with Crippen LogP contribution in [0.3, 0.4) is 0 Å². The lowest BCUT2D eigenvalue weighted by atomic mass is 10.2. The molecular weight excluding hydrogens is 452 g/mol. The first-order valence-corrected chi connectivity index (χ1v) is 12.2. The minimum atomic E-state index is -0.857. The largest absolute Gasteiger partial charge is 0.481 e. The van der Waals surface area contributed by atoms with Crippen molar-refractivity contribution in [3.05, 3.63) is 0 Å². The van der Waals surface area contributed by atoms with Crippen molar-refractivity contribution in [2.75, 3.05) is 85.9 Å². The van der Waals surface area contributed by atoms with Crippen LogP contribution in [0.1, 0.15) is 44.9 Å². The quantitative estimate of drug-likeness (QED) is 0.156. The zero-order valence-corrected chi connectivity index (χ0v) is 20.2. The van der Waals surface area contributed by atoms with Crippen LogP contribution in [0, 0.1) is 0 Å². The highest BCUT2D eigenvalue weighted by Crippen LogP contribution is 2.13. The Morgan fingerprint density at radius 1 is 0.676 bits per heavy atom. The van der Waals surface area contributed by atoms with Gasteiger partial charge in [-0.25, -0.2) is 0 Å². The molecule has 1 fully saturated rings. The standard InChI is InChI=1S/C23H42O11/c24-21(25)5-1-2-6-22(26)32-19-17-30-15-13-28-11-9-27-10-12-29-14-16-31-18-20-34-23-7-3-4-8-33-23/h23H,1-20H2,(H,24,25). The summed E-state index contributed by atoms with van der Waals surface area (Å²) < 4.78 is 43.0. The van der Waals surface area contributed by atoms with Crippen LogP contribution in [0.25, 0.3) is 0 Å². The van der Waals surface area contributed by atoms with Crippen LogP contribution >= 0.6 is 0 Å². The SMILES string of the molecule is O=C(O)CCCCC(=O)OCCOCCOCCOCCOCCOCCOC1CCCCO1. The van der Waals surface area contributed by atoms with Gasteiger partial charge in [-0.1, -0.05) is 0 Å². The maximum atomic E-state index is 11.4. The van der Waals surface area contributed by atoms with Gasteiger partial charge in [-0.05, 0) is 32.1 Å². The van der Waals surface area contributed by atoms with Gasteiger partial charge in [-0.2, -0.15) is 0 Å². The molecule has 34 heavy (non-hydrogen) atoms. The van der Waals surface area contributed by atoms with E-state index in [0.29, 0.717) is 85.5 Å². The van der Waals surface area contributed by atoms with Gasteiger partial charge in [0.1, 0.15) is 6.61 Å². The van der Waals surface area contributed by atoms with Crippen molar-refractivity contribution in [1.82, 2.24) is 0 Å². The van der Waals surface area contributed by atoms with Crippen molar-refractivity contribution in [2.45, 2.75) is 51.2 Å². The lowest BCUT2D eigenvalue weighted by Crippen LogP contribution is -2.24. The van der Waals surface area contributed by atoms with Gasteiger partial charge in [-0.3, -0.25) is 9.59 Å². The van der Waals surface area contributed by atoms with Gasteiger partial charge in [0.05, 0.1) is 72.7 Å². The van der Waals surface area contributed by atoms with Gasteiger partial charge < -0.3 is 43.0 Å². The van der Waals surface area contributed by atoms with Crippen molar-refractivity contribution in [3.63, 3.8) is 0 Å². The van der Waals surface area contributed by atoms with Crippen LogP contribution in [0.15, 0.2) is 0 Å². The molecule has 11 nitrogen and oxygen atoms in total. The Balaban J connectivity index is 1.67. The third-order valence-corrected chi connectivity index (χ3v) is 4.67. The third kappa shape index (κ3) is 21.2. The van der Waals surface area contributed by atoms with E-state index in [-0.39, 0.29) is 31.7 Å². The van der Waals surface area contributed by atoms with Crippen LogP contribution in [0.2, 0.25) is 0 Å². The lowest BCUT2D eigenvalue weighted by molar-refractivity contribution is -0.169. The molecule has 1 aliphatic heterocycles. The molecule has 0 spiro atoms. The van der Waals surface area contributed by atoms with Crippen molar-refractivity contribution in [1.29, 1.82) is 0 Å². The van der Waals surface area contributed by atoms with Crippen LogP contribution in [-0.2, 0) is 47.5 Å². The molecule has 0 bridgehead atoms. The summed E-state index contributed by atoms with van der Waals surface area (Å²) in [5, 5.41) is 8.51. The minimum absolute atomic E-state index is 0.0679. The van der Waals surface area contributed by atoms with Crippen LogP contribution in [0.4, 0.5) is 0 Å². The van der Waals surface area contributed by atoms with E-state index in [1.807, 2.05) is 0 Å². The smallest absolute Gasteiger partial charge is 0.305 e. The van der Waals surface area contributed by atoms with Crippen molar-refractivity contribution in [3.8, 4) is 0 Å². The van der Waals surface area contributed by atoms with E-state index in [1.165, 1.54) is 0 Å². The van der Waals surface area contributed by atoms with Crippen LogP contribution in [0.5, 0.6) is 0 Å². The summed E-state index contributed by atoms with van der Waals surface area (Å²) in [4.78, 5) is 21.8. The average molecular weight is 495 g/mol. The molecule has 1 rings (SSSR count). The van der Waals surface area contributed by atoms with Gasteiger partial charge >= 0.3 is 11.9 Å². The first-order valence-electron chi connectivity index (χ1n) is 12.2. The summed E-state index contributed by atoms with van der Waals surface area (Å²) in [7, 11) is 0. The van der Waals surface area contributed by atoms with E-state index in [0.717, 1.165) is 25.9 Å². The molecule has 0 aromatic rings. The normalized spacial score (nSPS) is 15.9. The van der Waals surface area contributed by atoms with E-state index in [4.69, 9.17) is 43.0 Å². The summed E-state index contributed by atoms with van der Waals surface area (Å²) in [6.07, 6.45) is 4.42. The molecule has 0 amide bonds. The maximum absolute atomic E-state index is 11.4. The Morgan fingerprint density at radius 3 is 1.68 bits per heavy atom. The number of hydrogen-bond acceptors (Lipinski definition) is 10. The van der Waals surface area contributed by atoms with Gasteiger partial charge in [0.2, 0.25) is 0 Å². The molecule has 0 aromatic carbocycles. The number of carboxylic acids is 1. The lowest BCUT2D eigenvalue weighted by Gasteiger charge is -2.22. The molecule has 200 valence electrons. The molecule has 0 aromatic heterocycles. The molecule has 1 atom stereocenters. The zero-order chi connectivity index (χ0) is 24.5. The van der Waals surface area contributed by atoms with Crippen LogP contribution in [-0.4, -0.2) is 109 Å². The molecule has 0 saturated carbocycles. The topological polar surface area (TPSA) is 128 Å². The molecule has 1 N–H and O–H groups in total. The number of ether oxygens (including phenoxy) is 8. The highest BCUT2D eigenvalue weighted by atomic mass is 16.7. The zero-order valence-electron chi connectivity index (χ0n) is 20.2. The monoisotopic (exact) mass is 494 g/mol. The predicted molar refractivity (Wildman–Crippen MR) is 121 cm³/mol.